The van der Waals surface area contributed by atoms with Gasteiger partial charge in [0, 0.05) is 22.6 Å². The largest absolute Gasteiger partial charge is 0.505 e. The number of phenolic OH excluding ortho intramolecular Hbond substituents is 1. The number of hydrogen-bond donors (Lipinski definition) is 1. The summed E-state index contributed by atoms with van der Waals surface area (Å²) in [7, 11) is 0. The van der Waals surface area contributed by atoms with Crippen LogP contribution in [-0.2, 0) is 19.2 Å². The first-order valence-corrected chi connectivity index (χ1v) is 16.9. The number of halogens is 3. The third-order valence-corrected chi connectivity index (χ3v) is 11.5. The van der Waals surface area contributed by atoms with Crippen molar-refractivity contribution < 1.29 is 37.9 Å². The molecule has 2 aliphatic carbocycles. The van der Waals surface area contributed by atoms with Gasteiger partial charge in [-0.1, -0.05) is 65.7 Å². The van der Waals surface area contributed by atoms with Crippen LogP contribution in [0.15, 0.2) is 103 Å². The van der Waals surface area contributed by atoms with E-state index in [1.54, 1.807) is 67.6 Å². The molecule has 3 fully saturated rings. The fourth-order valence-corrected chi connectivity index (χ4v) is 8.94. The van der Waals surface area contributed by atoms with Gasteiger partial charge in [-0.15, -0.1) is 0 Å². The molecule has 4 aromatic carbocycles. The summed E-state index contributed by atoms with van der Waals surface area (Å²) in [6.07, 6.45) is 1.94. The number of imide groups is 2. The summed E-state index contributed by atoms with van der Waals surface area (Å²) < 4.78 is 29.1. The van der Waals surface area contributed by atoms with Gasteiger partial charge in [0.15, 0.2) is 17.3 Å². The molecule has 2 heterocycles. The molecule has 4 amide bonds. The van der Waals surface area contributed by atoms with Gasteiger partial charge in [-0.2, -0.15) is 0 Å². The monoisotopic (exact) mass is 706 g/mol. The molecular formula is C40H29ClF2N2O6. The van der Waals surface area contributed by atoms with Gasteiger partial charge in [0.25, 0.3) is 0 Å². The van der Waals surface area contributed by atoms with Crippen molar-refractivity contribution in [2.24, 2.45) is 29.1 Å². The predicted octanol–water partition coefficient (Wildman–Crippen LogP) is 6.99. The number of carbonyl (C=O) groups excluding carboxylic acids is 5. The molecule has 1 saturated carbocycles. The van der Waals surface area contributed by atoms with E-state index < -0.39 is 76.0 Å². The zero-order valence-electron chi connectivity index (χ0n) is 27.1. The normalized spacial score (nSPS) is 26.9. The minimum atomic E-state index is -1.55. The molecule has 8 nitrogen and oxygen atoms in total. The van der Waals surface area contributed by atoms with Crippen molar-refractivity contribution in [3.8, 4) is 5.75 Å². The Hall–Kier alpha value is -5.48. The van der Waals surface area contributed by atoms with E-state index in [9.17, 15) is 37.9 Å². The Morgan fingerprint density at radius 2 is 1.47 bits per heavy atom. The molecule has 0 bridgehead atoms. The van der Waals surface area contributed by atoms with E-state index in [2.05, 4.69) is 0 Å². The number of nitrogens with zero attached hydrogens (tertiary/aromatic N) is 2. The molecule has 2 saturated heterocycles. The Labute approximate surface area is 295 Å². The summed E-state index contributed by atoms with van der Waals surface area (Å²) in [6, 6.07) is 22.4. The fraction of sp³-hybridized carbons (Fsp3) is 0.225. The van der Waals surface area contributed by atoms with Gasteiger partial charge in [0.1, 0.15) is 5.82 Å². The van der Waals surface area contributed by atoms with E-state index in [0.29, 0.717) is 16.7 Å². The topological polar surface area (TPSA) is 112 Å². The molecule has 51 heavy (non-hydrogen) atoms. The molecule has 0 aromatic heterocycles. The Morgan fingerprint density at radius 3 is 2.18 bits per heavy atom. The van der Waals surface area contributed by atoms with Gasteiger partial charge in [-0.05, 0) is 74.2 Å². The van der Waals surface area contributed by atoms with E-state index in [-0.39, 0.29) is 40.6 Å². The average Bonchev–Trinajstić information content (AvgIpc) is 3.50. The number of carbonyl (C=O) groups is 5. The number of benzene rings is 4. The Kier molecular flexibility index (Phi) is 7.57. The van der Waals surface area contributed by atoms with Crippen molar-refractivity contribution in [2.45, 2.75) is 25.7 Å². The number of anilines is 2. The second kappa shape index (κ2) is 11.8. The first-order chi connectivity index (χ1) is 24.4. The van der Waals surface area contributed by atoms with Gasteiger partial charge in [-0.25, -0.2) is 13.7 Å². The number of phenols is 1. The molecular weight excluding hydrogens is 678 g/mol. The highest BCUT2D eigenvalue weighted by Crippen LogP contribution is 2.64. The maximum atomic E-state index is 15.0. The highest BCUT2D eigenvalue weighted by molar-refractivity contribution is 6.32. The first-order valence-electron chi connectivity index (χ1n) is 16.5. The molecule has 4 aliphatic rings. The third kappa shape index (κ3) is 4.72. The lowest BCUT2D eigenvalue weighted by Gasteiger charge is -2.49. The Balaban J connectivity index is 1.19. The molecule has 0 unspecified atom stereocenters. The lowest BCUT2D eigenvalue weighted by atomic mass is 9.51. The molecule has 6 atom stereocenters. The van der Waals surface area contributed by atoms with Crippen LogP contribution >= 0.6 is 11.6 Å². The lowest BCUT2D eigenvalue weighted by molar-refractivity contribution is -0.131. The van der Waals surface area contributed by atoms with Crippen LogP contribution in [-0.4, -0.2) is 34.5 Å². The number of aromatic hydroxyl groups is 1. The minimum absolute atomic E-state index is 0.0173. The smallest absolute Gasteiger partial charge is 0.241 e. The van der Waals surface area contributed by atoms with Crippen LogP contribution in [0.25, 0.3) is 0 Å². The van der Waals surface area contributed by atoms with Crippen molar-refractivity contribution in [3.63, 3.8) is 0 Å². The average molecular weight is 707 g/mol. The lowest BCUT2D eigenvalue weighted by Crippen LogP contribution is -2.49. The highest BCUT2D eigenvalue weighted by Gasteiger charge is 2.68. The second-order valence-electron chi connectivity index (χ2n) is 13.7. The van der Waals surface area contributed by atoms with E-state index in [0.717, 1.165) is 21.9 Å². The van der Waals surface area contributed by atoms with Crippen LogP contribution in [0.1, 0.15) is 47.2 Å². The number of allylic oxidation sites excluding steroid dienone is 2. The predicted molar refractivity (Wildman–Crippen MR) is 183 cm³/mol. The third-order valence-electron chi connectivity index (χ3n) is 11.2. The van der Waals surface area contributed by atoms with Crippen LogP contribution in [0.3, 0.4) is 0 Å². The first kappa shape index (κ1) is 32.7. The number of rotatable bonds is 5. The SMILES string of the molecule is C[C@@]12C(=O)N(c3ccc(F)c(Cl)c3)C(=O)[C@@H]1C[C@@H]1C(=CC[C@@H]3C(=O)N(c4ccc(C(=O)c5ccccc5)cc4)C(=O)[C@@H]31)[C@@H]2c1cccc(F)c1O. The van der Waals surface area contributed by atoms with Crippen LogP contribution in [0.2, 0.25) is 5.02 Å². The summed E-state index contributed by atoms with van der Waals surface area (Å²) in [5, 5.41) is 10.8. The van der Waals surface area contributed by atoms with E-state index in [1.807, 2.05) is 0 Å². The number of amides is 4. The van der Waals surface area contributed by atoms with Gasteiger partial charge in [-0.3, -0.25) is 28.9 Å². The van der Waals surface area contributed by atoms with Gasteiger partial charge in [0.05, 0.1) is 39.6 Å². The molecule has 256 valence electrons. The van der Waals surface area contributed by atoms with Crippen LogP contribution in [0.4, 0.5) is 20.2 Å². The van der Waals surface area contributed by atoms with Gasteiger partial charge < -0.3 is 5.11 Å². The maximum absolute atomic E-state index is 15.0. The van der Waals surface area contributed by atoms with E-state index in [1.165, 1.54) is 24.3 Å². The molecule has 1 N–H and O–H groups in total. The molecule has 11 heteroatoms. The zero-order chi connectivity index (χ0) is 35.9. The van der Waals surface area contributed by atoms with Gasteiger partial charge in [0.2, 0.25) is 23.6 Å². The number of ketones is 1. The Morgan fingerprint density at radius 1 is 0.784 bits per heavy atom. The summed E-state index contributed by atoms with van der Waals surface area (Å²) in [5.74, 6) is -9.24. The maximum Gasteiger partial charge on any atom is 0.241 e. The quantitative estimate of drug-likeness (QED) is 0.136. The molecule has 0 spiro atoms. The van der Waals surface area contributed by atoms with Crippen molar-refractivity contribution in [1.82, 2.24) is 0 Å². The number of hydrogen-bond acceptors (Lipinski definition) is 6. The molecule has 0 radical (unpaired) electrons. The molecule has 4 aromatic rings. The van der Waals surface area contributed by atoms with Crippen molar-refractivity contribution in [2.75, 3.05) is 9.80 Å². The molecule has 8 rings (SSSR count). The van der Waals surface area contributed by atoms with Crippen LogP contribution in [0.5, 0.6) is 5.75 Å². The van der Waals surface area contributed by atoms with Crippen molar-refractivity contribution >= 4 is 52.4 Å². The number of fused-ring (bicyclic) bond motifs is 4. The Bertz CT molecular complexity index is 2220. The van der Waals surface area contributed by atoms with Crippen LogP contribution in [0, 0.1) is 40.7 Å². The summed E-state index contributed by atoms with van der Waals surface area (Å²) in [6.45, 7) is 1.59. The summed E-state index contributed by atoms with van der Waals surface area (Å²) in [4.78, 5) is 72.2. The van der Waals surface area contributed by atoms with E-state index in [4.69, 9.17) is 11.6 Å². The fourth-order valence-electron chi connectivity index (χ4n) is 8.77. The molecule has 2 aliphatic heterocycles. The highest BCUT2D eigenvalue weighted by atomic mass is 35.5. The van der Waals surface area contributed by atoms with Crippen LogP contribution < -0.4 is 9.80 Å². The standard InChI is InChI=1S/C40H29ClF2N2O6/c1-40-28(37(49)45(39(40)51)23-14-17-30(42)29(41)18-23)19-27-24(33(40)26-8-5-9-31(43)35(26)47)15-16-25-32(27)38(50)44(36(25)48)22-12-10-21(11-13-22)34(46)20-6-3-2-4-7-20/h2-15,17-18,25,27-28,32-33,47H,16,19H2,1H3/t25-,27+,28-,32-,33+,40+/m0/s1. The van der Waals surface area contributed by atoms with Crippen molar-refractivity contribution in [3.05, 3.63) is 136 Å². The van der Waals surface area contributed by atoms with Crippen molar-refractivity contribution in [1.29, 1.82) is 0 Å². The summed E-state index contributed by atoms with van der Waals surface area (Å²) >= 11 is 6.05. The van der Waals surface area contributed by atoms with E-state index >= 15 is 0 Å². The summed E-state index contributed by atoms with van der Waals surface area (Å²) in [5.41, 5.74) is 0.296. The zero-order valence-corrected chi connectivity index (χ0v) is 27.8. The second-order valence-corrected chi connectivity index (χ2v) is 14.1. The minimum Gasteiger partial charge on any atom is -0.505 e. The van der Waals surface area contributed by atoms with Gasteiger partial charge >= 0.3 is 0 Å². The number of para-hydroxylation sites is 1.